The summed E-state index contributed by atoms with van der Waals surface area (Å²) in [6.07, 6.45) is 3.38. The van der Waals surface area contributed by atoms with Crippen LogP contribution in [0, 0.1) is 22.7 Å². The van der Waals surface area contributed by atoms with Crippen LogP contribution in [0.3, 0.4) is 0 Å². The summed E-state index contributed by atoms with van der Waals surface area (Å²) in [7, 11) is 0. The first-order valence-electron chi connectivity index (χ1n) is 18.1. The molecule has 4 aliphatic rings. The number of rotatable bonds is 9. The molecule has 6 N–H and O–H groups in total. The van der Waals surface area contributed by atoms with Gasteiger partial charge >= 0.3 is 6.16 Å². The Balaban J connectivity index is 0.955. The predicted molar refractivity (Wildman–Crippen MR) is 194 cm³/mol. The summed E-state index contributed by atoms with van der Waals surface area (Å²) in [5, 5.41) is 39.3. The third kappa shape index (κ3) is 5.85. The maximum Gasteiger partial charge on any atom is 0.509 e. The van der Waals surface area contributed by atoms with Crippen molar-refractivity contribution in [3.63, 3.8) is 0 Å². The van der Waals surface area contributed by atoms with E-state index in [4.69, 9.17) is 15.2 Å². The number of hydrogen-bond acceptors (Lipinski definition) is 11. The number of anilines is 1. The number of carbonyl (C=O) groups excluding carboxylic acids is 4. The number of allylic oxidation sites excluding steroid dienone is 4. The lowest BCUT2D eigenvalue weighted by atomic mass is 9.44. The Labute approximate surface area is 311 Å². The van der Waals surface area contributed by atoms with Crippen LogP contribution in [0.2, 0.25) is 0 Å². The summed E-state index contributed by atoms with van der Waals surface area (Å²) >= 11 is 0. The standard InChI is InChI=1S/C41H44FN3O9/c1-38-13-11-29(46)16-27(38)8-10-31-32-17-33(47)41(52,39(32,2)18-34(48)40(31,38)42)35(49)22-54-37(51)53-21-23-3-5-24(6-4-23)30(19-43)36(50)45-28-9-7-26-20-44-14-12-25(26)15-28/h3-7,9,11-16,20,30-34,47-48,52H,8,10,17-19,21-22,43H2,1-2H3,(H,45,50)/t30-,31+,32+,33-,34+,38+,39+,40+,41+/m1/s1. The van der Waals surface area contributed by atoms with E-state index in [1.165, 1.54) is 18.2 Å². The Morgan fingerprint density at radius 1 is 1.04 bits per heavy atom. The number of aliphatic hydroxyl groups excluding tert-OH is 2. The zero-order chi connectivity index (χ0) is 38.6. The first kappa shape index (κ1) is 37.5. The number of ether oxygens (including phenoxy) is 2. The van der Waals surface area contributed by atoms with Crippen LogP contribution < -0.4 is 11.1 Å². The van der Waals surface area contributed by atoms with Crippen molar-refractivity contribution in [2.75, 3.05) is 18.5 Å². The molecule has 2 aromatic carbocycles. The summed E-state index contributed by atoms with van der Waals surface area (Å²) in [6, 6.07) is 14.1. The summed E-state index contributed by atoms with van der Waals surface area (Å²) in [6.45, 7) is 2.11. The van der Waals surface area contributed by atoms with Crippen molar-refractivity contribution >= 4 is 40.1 Å². The average molecular weight is 742 g/mol. The van der Waals surface area contributed by atoms with Gasteiger partial charge in [-0.2, -0.15) is 0 Å². The number of fused-ring (bicyclic) bond motifs is 6. The molecule has 0 bridgehead atoms. The third-order valence-electron chi connectivity index (χ3n) is 12.8. The molecule has 284 valence electrons. The monoisotopic (exact) mass is 741 g/mol. The minimum Gasteiger partial charge on any atom is -0.429 e. The molecule has 13 heteroatoms. The Hall–Kier alpha value is -4.82. The second-order valence-electron chi connectivity index (χ2n) is 15.5. The van der Waals surface area contributed by atoms with Crippen LogP contribution in [0.1, 0.15) is 56.6 Å². The second-order valence-corrected chi connectivity index (χ2v) is 15.5. The lowest BCUT2D eigenvalue weighted by Crippen LogP contribution is -2.69. The summed E-state index contributed by atoms with van der Waals surface area (Å²) in [5.41, 5.74) is 1.00. The van der Waals surface area contributed by atoms with Gasteiger partial charge in [-0.05, 0) is 85.4 Å². The molecule has 1 heterocycles. The van der Waals surface area contributed by atoms with Gasteiger partial charge in [-0.15, -0.1) is 0 Å². The molecular weight excluding hydrogens is 697 g/mol. The number of hydrogen-bond donors (Lipinski definition) is 5. The van der Waals surface area contributed by atoms with E-state index in [9.17, 15) is 34.5 Å². The topological polar surface area (TPSA) is 198 Å². The number of nitrogens with one attached hydrogen (secondary N) is 1. The number of ketones is 2. The first-order valence-corrected chi connectivity index (χ1v) is 18.1. The SMILES string of the molecule is C[C@]12C=CC(=O)C=C1CC[C@H]1[C@@H]3C[C@@H](O)[C@](O)(C(=O)COC(=O)OCc4ccc([C@@H](CN)C(=O)Nc5ccc6cnccc6c5)cc4)[C@@]3(C)C[C@H](O)[C@@]12F. The fourth-order valence-electron chi connectivity index (χ4n) is 9.78. The van der Waals surface area contributed by atoms with Gasteiger partial charge in [0.2, 0.25) is 11.7 Å². The zero-order valence-electron chi connectivity index (χ0n) is 30.0. The van der Waals surface area contributed by atoms with Crippen LogP contribution in [0.4, 0.5) is 14.9 Å². The lowest BCUT2D eigenvalue weighted by Gasteiger charge is -2.62. The Kier molecular flexibility index (Phi) is 9.58. The van der Waals surface area contributed by atoms with Gasteiger partial charge in [0.25, 0.3) is 0 Å². The van der Waals surface area contributed by atoms with Gasteiger partial charge in [0.05, 0.1) is 18.1 Å². The maximum absolute atomic E-state index is 17.4. The van der Waals surface area contributed by atoms with Crippen molar-refractivity contribution in [1.29, 1.82) is 0 Å². The highest BCUT2D eigenvalue weighted by Gasteiger charge is 2.76. The normalized spacial score (nSPS) is 33.2. The van der Waals surface area contributed by atoms with E-state index >= 15 is 4.39 Å². The number of alkyl halides is 1. The molecule has 0 saturated heterocycles. The summed E-state index contributed by atoms with van der Waals surface area (Å²) in [4.78, 5) is 55.5. The number of Topliss-reactive ketones (excluding diaryl/α,β-unsaturated/α-hetero) is 1. The van der Waals surface area contributed by atoms with E-state index in [-0.39, 0.29) is 44.1 Å². The van der Waals surface area contributed by atoms with Crippen LogP contribution in [0.25, 0.3) is 10.8 Å². The molecule has 3 fully saturated rings. The number of aromatic nitrogens is 1. The fourth-order valence-corrected chi connectivity index (χ4v) is 9.78. The van der Waals surface area contributed by atoms with Crippen molar-refractivity contribution in [3.05, 3.63) is 95.9 Å². The Morgan fingerprint density at radius 3 is 2.54 bits per heavy atom. The van der Waals surface area contributed by atoms with Crippen LogP contribution in [-0.4, -0.2) is 80.6 Å². The fraction of sp³-hybridized carbons (Fsp3) is 0.439. The van der Waals surface area contributed by atoms with Crippen LogP contribution >= 0.6 is 0 Å². The maximum atomic E-state index is 17.4. The number of nitrogens with zero attached hydrogens (tertiary/aromatic N) is 1. The molecule has 0 unspecified atom stereocenters. The molecule has 1 amide bonds. The molecule has 54 heavy (non-hydrogen) atoms. The minimum atomic E-state index is -2.44. The molecule has 3 saturated carbocycles. The van der Waals surface area contributed by atoms with Gasteiger partial charge < -0.3 is 35.8 Å². The molecule has 1 aromatic heterocycles. The van der Waals surface area contributed by atoms with Gasteiger partial charge in [-0.1, -0.05) is 48.9 Å². The van der Waals surface area contributed by atoms with Crippen LogP contribution in [-0.2, 0) is 30.5 Å². The quantitative estimate of drug-likeness (QED) is 0.197. The van der Waals surface area contributed by atoms with Crippen molar-refractivity contribution in [3.8, 4) is 0 Å². The number of aliphatic hydroxyl groups is 3. The van der Waals surface area contributed by atoms with E-state index in [1.54, 1.807) is 56.6 Å². The minimum absolute atomic E-state index is 0.0474. The number of nitrogens with two attached hydrogens (primary N) is 1. The Morgan fingerprint density at radius 2 is 1.80 bits per heavy atom. The molecule has 7 rings (SSSR count). The van der Waals surface area contributed by atoms with E-state index < -0.39 is 70.6 Å². The highest BCUT2D eigenvalue weighted by atomic mass is 19.1. The number of amides is 1. The molecule has 12 nitrogen and oxygen atoms in total. The summed E-state index contributed by atoms with van der Waals surface area (Å²) < 4.78 is 27.6. The molecule has 4 aliphatic carbocycles. The first-order chi connectivity index (χ1) is 25.6. The molecular formula is C41H44FN3O9. The lowest BCUT2D eigenvalue weighted by molar-refractivity contribution is -0.222. The van der Waals surface area contributed by atoms with Crippen molar-refractivity contribution in [2.24, 2.45) is 28.4 Å². The predicted octanol–water partition coefficient (Wildman–Crippen LogP) is 4.21. The van der Waals surface area contributed by atoms with Crippen molar-refractivity contribution in [1.82, 2.24) is 4.98 Å². The van der Waals surface area contributed by atoms with Crippen LogP contribution in [0.15, 0.2) is 84.7 Å². The van der Waals surface area contributed by atoms with E-state index in [2.05, 4.69) is 10.3 Å². The average Bonchev–Trinajstić information content (AvgIpc) is 3.35. The molecule has 0 radical (unpaired) electrons. The highest BCUT2D eigenvalue weighted by molar-refractivity contribution is 6.01. The third-order valence-corrected chi connectivity index (χ3v) is 12.8. The number of pyridine rings is 1. The van der Waals surface area contributed by atoms with E-state index in [0.29, 0.717) is 28.8 Å². The smallest absolute Gasteiger partial charge is 0.429 e. The second kappa shape index (κ2) is 13.8. The van der Waals surface area contributed by atoms with Gasteiger partial charge in [-0.3, -0.25) is 19.4 Å². The van der Waals surface area contributed by atoms with Crippen molar-refractivity contribution in [2.45, 2.75) is 75.5 Å². The molecule has 9 atom stereocenters. The highest BCUT2D eigenvalue weighted by Crippen LogP contribution is 2.69. The Bertz CT molecular complexity index is 2070. The van der Waals surface area contributed by atoms with Crippen molar-refractivity contribution < 1.29 is 48.4 Å². The largest absolute Gasteiger partial charge is 0.509 e. The molecule has 0 aliphatic heterocycles. The van der Waals surface area contributed by atoms with E-state index in [1.807, 2.05) is 18.2 Å². The molecule has 0 spiro atoms. The van der Waals surface area contributed by atoms with Gasteiger partial charge in [-0.25, -0.2) is 9.18 Å². The van der Waals surface area contributed by atoms with Gasteiger partial charge in [0.1, 0.15) is 6.61 Å². The zero-order valence-corrected chi connectivity index (χ0v) is 30.0. The number of carbonyl (C=O) groups is 4. The summed E-state index contributed by atoms with van der Waals surface area (Å²) in [5.74, 6) is -3.71. The number of halogens is 1. The van der Waals surface area contributed by atoms with Crippen LogP contribution in [0.5, 0.6) is 0 Å². The number of benzene rings is 2. The molecule has 3 aromatic rings. The van der Waals surface area contributed by atoms with Gasteiger partial charge in [0.15, 0.2) is 23.7 Å². The van der Waals surface area contributed by atoms with Gasteiger partial charge in [0, 0.05) is 46.8 Å². The van der Waals surface area contributed by atoms with E-state index in [0.717, 1.165) is 10.8 Å².